The van der Waals surface area contributed by atoms with Gasteiger partial charge in [-0.15, -0.1) is 0 Å². The Hall–Kier alpha value is -2.33. The third kappa shape index (κ3) is 4.24. The van der Waals surface area contributed by atoms with Crippen LogP contribution in [0.3, 0.4) is 0 Å². The summed E-state index contributed by atoms with van der Waals surface area (Å²) in [7, 11) is 0. The number of benzene rings is 2. The topological polar surface area (TPSA) is 40.6 Å². The summed E-state index contributed by atoms with van der Waals surface area (Å²) in [6.45, 7) is 4.84. The van der Waals surface area contributed by atoms with Crippen LogP contribution in [0.25, 0.3) is 0 Å². The predicted molar refractivity (Wildman–Crippen MR) is 119 cm³/mol. The average Bonchev–Trinajstić information content (AvgIpc) is 2.74. The molecular formula is C25H29ClN2O2. The Morgan fingerprint density at radius 1 is 0.967 bits per heavy atom. The lowest BCUT2D eigenvalue weighted by molar-refractivity contribution is -0.161. The zero-order valence-electron chi connectivity index (χ0n) is 17.7. The van der Waals surface area contributed by atoms with E-state index in [4.69, 9.17) is 11.6 Å². The van der Waals surface area contributed by atoms with Crippen LogP contribution in [0.2, 0.25) is 5.02 Å². The Labute approximate surface area is 183 Å². The highest BCUT2D eigenvalue weighted by Gasteiger charge is 2.44. The van der Waals surface area contributed by atoms with Crippen molar-refractivity contribution >= 4 is 23.4 Å². The van der Waals surface area contributed by atoms with Gasteiger partial charge in [0.25, 0.3) is 5.91 Å². The zero-order chi connectivity index (χ0) is 21.3. The van der Waals surface area contributed by atoms with E-state index in [1.165, 1.54) is 12.0 Å². The molecule has 0 bridgehead atoms. The molecule has 2 fully saturated rings. The van der Waals surface area contributed by atoms with E-state index in [-0.39, 0.29) is 24.4 Å². The van der Waals surface area contributed by atoms with Gasteiger partial charge in [0.2, 0.25) is 5.91 Å². The van der Waals surface area contributed by atoms with Gasteiger partial charge in [-0.3, -0.25) is 9.59 Å². The molecule has 30 heavy (non-hydrogen) atoms. The van der Waals surface area contributed by atoms with Gasteiger partial charge in [0.15, 0.2) is 0 Å². The molecule has 1 heterocycles. The van der Waals surface area contributed by atoms with Gasteiger partial charge in [-0.1, -0.05) is 73.3 Å². The van der Waals surface area contributed by atoms with Crippen molar-refractivity contribution in [2.45, 2.75) is 58.2 Å². The molecule has 1 saturated heterocycles. The SMILES string of the molecule is Cc1ccc(CN2C(=O)CN([C@@H]3CCCC[C@H]3C)C(=O)[C@H]2c2ccc(Cl)cc2)cc1. The van der Waals surface area contributed by atoms with Gasteiger partial charge < -0.3 is 9.80 Å². The second-order valence-electron chi connectivity index (χ2n) is 8.76. The van der Waals surface area contributed by atoms with E-state index >= 15 is 0 Å². The smallest absolute Gasteiger partial charge is 0.250 e. The summed E-state index contributed by atoms with van der Waals surface area (Å²) >= 11 is 6.09. The highest BCUT2D eigenvalue weighted by molar-refractivity contribution is 6.30. The Morgan fingerprint density at radius 2 is 1.63 bits per heavy atom. The van der Waals surface area contributed by atoms with Gasteiger partial charge in [-0.25, -0.2) is 0 Å². The van der Waals surface area contributed by atoms with Crippen LogP contribution in [-0.2, 0) is 16.1 Å². The molecule has 0 radical (unpaired) electrons. The second kappa shape index (κ2) is 8.81. The highest BCUT2D eigenvalue weighted by atomic mass is 35.5. The van der Waals surface area contributed by atoms with Crippen LogP contribution in [0.4, 0.5) is 0 Å². The minimum absolute atomic E-state index is 0.00731. The molecule has 1 aliphatic carbocycles. The fourth-order valence-corrected chi connectivity index (χ4v) is 4.95. The third-order valence-electron chi connectivity index (χ3n) is 6.58. The molecule has 0 N–H and O–H groups in total. The molecule has 2 aromatic rings. The van der Waals surface area contributed by atoms with E-state index in [2.05, 4.69) is 6.92 Å². The van der Waals surface area contributed by atoms with Crippen LogP contribution in [-0.4, -0.2) is 34.2 Å². The molecule has 4 nitrogen and oxygen atoms in total. The number of carbonyl (C=O) groups excluding carboxylic acids is 2. The Kier molecular flexibility index (Phi) is 6.14. The molecule has 158 valence electrons. The van der Waals surface area contributed by atoms with Crippen LogP contribution in [0.5, 0.6) is 0 Å². The van der Waals surface area contributed by atoms with Crippen molar-refractivity contribution in [3.63, 3.8) is 0 Å². The van der Waals surface area contributed by atoms with Crippen molar-refractivity contribution in [3.8, 4) is 0 Å². The van der Waals surface area contributed by atoms with Crippen LogP contribution >= 0.6 is 11.6 Å². The van der Waals surface area contributed by atoms with Crippen molar-refractivity contribution in [2.24, 2.45) is 5.92 Å². The number of hydrogen-bond donors (Lipinski definition) is 0. The van der Waals surface area contributed by atoms with Crippen molar-refractivity contribution in [1.29, 1.82) is 0 Å². The first-order chi connectivity index (χ1) is 14.4. The summed E-state index contributed by atoms with van der Waals surface area (Å²) in [6.07, 6.45) is 4.41. The first-order valence-corrected chi connectivity index (χ1v) is 11.2. The zero-order valence-corrected chi connectivity index (χ0v) is 18.4. The van der Waals surface area contributed by atoms with E-state index in [1.54, 1.807) is 17.0 Å². The van der Waals surface area contributed by atoms with E-state index in [1.807, 2.05) is 48.2 Å². The number of nitrogens with zero attached hydrogens (tertiary/aromatic N) is 2. The van der Waals surface area contributed by atoms with Crippen LogP contribution < -0.4 is 0 Å². The van der Waals surface area contributed by atoms with Crippen LogP contribution in [0.15, 0.2) is 48.5 Å². The molecule has 2 aromatic carbocycles. The number of aryl methyl sites for hydroxylation is 1. The Bertz CT molecular complexity index is 910. The third-order valence-corrected chi connectivity index (χ3v) is 6.83. The molecule has 1 aliphatic heterocycles. The van der Waals surface area contributed by atoms with Crippen molar-refractivity contribution in [3.05, 3.63) is 70.2 Å². The predicted octanol–water partition coefficient (Wildman–Crippen LogP) is 5.14. The normalized spacial score (nSPS) is 25.0. The van der Waals surface area contributed by atoms with Gasteiger partial charge in [0, 0.05) is 17.6 Å². The summed E-state index contributed by atoms with van der Waals surface area (Å²) in [5, 5.41) is 0.621. The maximum atomic E-state index is 13.8. The molecule has 1 saturated carbocycles. The number of carbonyl (C=O) groups is 2. The van der Waals surface area contributed by atoms with E-state index < -0.39 is 6.04 Å². The van der Waals surface area contributed by atoms with Crippen LogP contribution in [0.1, 0.15) is 55.3 Å². The van der Waals surface area contributed by atoms with E-state index in [0.29, 0.717) is 17.5 Å². The molecule has 4 rings (SSSR count). The average molecular weight is 425 g/mol. The maximum Gasteiger partial charge on any atom is 0.250 e. The molecule has 0 spiro atoms. The Balaban J connectivity index is 1.68. The summed E-state index contributed by atoms with van der Waals surface area (Å²) in [6, 6.07) is 15.0. The first kappa shape index (κ1) is 20.9. The maximum absolute atomic E-state index is 13.8. The van der Waals surface area contributed by atoms with E-state index in [0.717, 1.165) is 30.4 Å². The number of amides is 2. The Morgan fingerprint density at radius 3 is 2.30 bits per heavy atom. The summed E-state index contributed by atoms with van der Waals surface area (Å²) in [5.74, 6) is 0.459. The molecular weight excluding hydrogens is 396 g/mol. The molecule has 5 heteroatoms. The summed E-state index contributed by atoms with van der Waals surface area (Å²) in [5.41, 5.74) is 3.02. The molecule has 2 amide bonds. The highest BCUT2D eigenvalue weighted by Crippen LogP contribution is 2.35. The van der Waals surface area contributed by atoms with E-state index in [9.17, 15) is 9.59 Å². The quantitative estimate of drug-likeness (QED) is 0.681. The molecule has 2 aliphatic rings. The van der Waals surface area contributed by atoms with Gasteiger partial charge in [0.05, 0.1) is 0 Å². The monoisotopic (exact) mass is 424 g/mol. The number of rotatable bonds is 4. The van der Waals surface area contributed by atoms with Gasteiger partial charge in [-0.2, -0.15) is 0 Å². The van der Waals surface area contributed by atoms with Gasteiger partial charge in [-0.05, 0) is 48.9 Å². The van der Waals surface area contributed by atoms with Crippen molar-refractivity contribution < 1.29 is 9.59 Å². The molecule has 3 atom stereocenters. The number of halogens is 1. The van der Waals surface area contributed by atoms with Gasteiger partial charge >= 0.3 is 0 Å². The minimum atomic E-state index is -0.612. The number of hydrogen-bond acceptors (Lipinski definition) is 2. The lowest BCUT2D eigenvalue weighted by atomic mass is 9.83. The number of piperazine rings is 1. The largest absolute Gasteiger partial charge is 0.328 e. The fourth-order valence-electron chi connectivity index (χ4n) is 4.83. The second-order valence-corrected chi connectivity index (χ2v) is 9.19. The first-order valence-electron chi connectivity index (χ1n) is 10.8. The lowest BCUT2D eigenvalue weighted by Gasteiger charge is -2.46. The standard InChI is InChI=1S/C25H29ClN2O2/c1-17-7-9-19(10-8-17)15-28-23(29)16-27(22-6-4-3-5-18(22)2)25(30)24(28)20-11-13-21(26)14-12-20/h7-14,18,22,24H,3-6,15-16H2,1-2H3/t18-,22-,24-/m1/s1. The van der Waals surface area contributed by atoms with Crippen molar-refractivity contribution in [2.75, 3.05) is 6.54 Å². The lowest BCUT2D eigenvalue weighted by Crippen LogP contribution is -2.59. The summed E-state index contributed by atoms with van der Waals surface area (Å²) in [4.78, 5) is 30.7. The molecule has 0 unspecified atom stereocenters. The minimum Gasteiger partial charge on any atom is -0.328 e. The summed E-state index contributed by atoms with van der Waals surface area (Å²) < 4.78 is 0. The van der Waals surface area contributed by atoms with Crippen LogP contribution in [0, 0.1) is 12.8 Å². The fraction of sp³-hybridized carbons (Fsp3) is 0.440. The molecule has 0 aromatic heterocycles. The van der Waals surface area contributed by atoms with Crippen molar-refractivity contribution in [1.82, 2.24) is 9.80 Å². The van der Waals surface area contributed by atoms with Gasteiger partial charge in [0.1, 0.15) is 12.6 Å².